The Kier molecular flexibility index (Phi) is 5.68. The highest BCUT2D eigenvalue weighted by Crippen LogP contribution is 2.15. The Morgan fingerprint density at radius 3 is 2.71 bits per heavy atom. The minimum Gasteiger partial charge on any atom is -0.369 e. The van der Waals surface area contributed by atoms with Gasteiger partial charge in [0.15, 0.2) is 0 Å². The lowest BCUT2D eigenvalue weighted by molar-refractivity contribution is 0.0945. The normalized spacial score (nSPS) is 10.2. The van der Waals surface area contributed by atoms with E-state index in [1.165, 1.54) is 6.20 Å². The Balaban J connectivity index is 1.93. The van der Waals surface area contributed by atoms with Crippen LogP contribution in [0.1, 0.15) is 29.4 Å². The zero-order valence-corrected chi connectivity index (χ0v) is 13.4. The molecule has 1 heterocycles. The van der Waals surface area contributed by atoms with Gasteiger partial charge in [0.05, 0.1) is 12.4 Å². The van der Waals surface area contributed by atoms with Crippen molar-refractivity contribution in [2.24, 2.45) is 0 Å². The van der Waals surface area contributed by atoms with Crippen molar-refractivity contribution < 1.29 is 4.79 Å². The Morgan fingerprint density at radius 1 is 1.24 bits per heavy atom. The number of carbonyl (C=O) groups is 1. The first-order valence-electron chi connectivity index (χ1n) is 6.78. The van der Waals surface area contributed by atoms with Crippen LogP contribution in [0.25, 0.3) is 0 Å². The van der Waals surface area contributed by atoms with E-state index in [2.05, 4.69) is 43.5 Å². The molecule has 0 aliphatic rings. The third-order valence-corrected chi connectivity index (χ3v) is 3.61. The van der Waals surface area contributed by atoms with Crippen molar-refractivity contribution in [3.8, 4) is 0 Å². The number of carbonyl (C=O) groups excluding carboxylic acids is 1. The van der Waals surface area contributed by atoms with E-state index in [1.807, 2.05) is 24.3 Å². The topological polar surface area (TPSA) is 66.9 Å². The van der Waals surface area contributed by atoms with Crippen LogP contribution in [0.5, 0.6) is 0 Å². The highest BCUT2D eigenvalue weighted by atomic mass is 79.9. The lowest BCUT2D eigenvalue weighted by Gasteiger charge is -2.07. The summed E-state index contributed by atoms with van der Waals surface area (Å²) in [6.45, 7) is 3.35. The first-order valence-corrected chi connectivity index (χ1v) is 7.57. The first-order chi connectivity index (χ1) is 10.2. The molecule has 110 valence electrons. The smallest absolute Gasteiger partial charge is 0.271 e. The number of amides is 1. The van der Waals surface area contributed by atoms with Gasteiger partial charge in [0.25, 0.3) is 5.91 Å². The SMILES string of the molecule is CCCNc1cnc(C(=O)NCc2ccccc2Br)cn1. The molecule has 0 aliphatic heterocycles. The molecule has 0 atom stereocenters. The zero-order valence-electron chi connectivity index (χ0n) is 11.8. The average Bonchev–Trinajstić information content (AvgIpc) is 2.52. The number of halogens is 1. The highest BCUT2D eigenvalue weighted by molar-refractivity contribution is 9.10. The predicted molar refractivity (Wildman–Crippen MR) is 86.1 cm³/mol. The van der Waals surface area contributed by atoms with Crippen molar-refractivity contribution in [3.63, 3.8) is 0 Å². The summed E-state index contributed by atoms with van der Waals surface area (Å²) < 4.78 is 0.968. The molecule has 0 fully saturated rings. The van der Waals surface area contributed by atoms with E-state index in [0.717, 1.165) is 23.0 Å². The molecule has 0 unspecified atom stereocenters. The zero-order chi connectivity index (χ0) is 15.1. The van der Waals surface area contributed by atoms with Gasteiger partial charge in [-0.15, -0.1) is 0 Å². The van der Waals surface area contributed by atoms with Crippen LogP contribution in [0.2, 0.25) is 0 Å². The van der Waals surface area contributed by atoms with E-state index in [1.54, 1.807) is 6.20 Å². The van der Waals surface area contributed by atoms with Crippen LogP contribution in [0.4, 0.5) is 5.82 Å². The van der Waals surface area contributed by atoms with Gasteiger partial charge in [-0.3, -0.25) is 4.79 Å². The summed E-state index contributed by atoms with van der Waals surface area (Å²) in [6.07, 6.45) is 4.06. The molecular weight excluding hydrogens is 332 g/mol. The summed E-state index contributed by atoms with van der Waals surface area (Å²) in [6, 6.07) is 7.76. The molecule has 2 aromatic rings. The van der Waals surface area contributed by atoms with Gasteiger partial charge in [-0.2, -0.15) is 0 Å². The molecule has 6 heteroatoms. The van der Waals surface area contributed by atoms with Gasteiger partial charge in [-0.25, -0.2) is 9.97 Å². The summed E-state index contributed by atoms with van der Waals surface area (Å²) in [5.41, 5.74) is 1.32. The molecule has 1 aromatic heterocycles. The molecule has 0 bridgehead atoms. The maximum Gasteiger partial charge on any atom is 0.271 e. The predicted octanol–water partition coefficient (Wildman–Crippen LogP) is 2.99. The fourth-order valence-electron chi connectivity index (χ4n) is 1.70. The van der Waals surface area contributed by atoms with Crippen molar-refractivity contribution in [1.82, 2.24) is 15.3 Å². The van der Waals surface area contributed by atoms with Crippen molar-refractivity contribution in [1.29, 1.82) is 0 Å². The van der Waals surface area contributed by atoms with Gasteiger partial charge in [-0.1, -0.05) is 41.1 Å². The Hall–Kier alpha value is -1.95. The van der Waals surface area contributed by atoms with Gasteiger partial charge < -0.3 is 10.6 Å². The Labute approximate surface area is 132 Å². The largest absolute Gasteiger partial charge is 0.369 e. The van der Waals surface area contributed by atoms with Crippen LogP contribution >= 0.6 is 15.9 Å². The van der Waals surface area contributed by atoms with Crippen LogP contribution in [0, 0.1) is 0 Å². The second kappa shape index (κ2) is 7.73. The molecular formula is C15H17BrN4O. The minimum atomic E-state index is -0.236. The van der Waals surface area contributed by atoms with Gasteiger partial charge in [-0.05, 0) is 18.1 Å². The number of rotatable bonds is 6. The van der Waals surface area contributed by atoms with Crippen molar-refractivity contribution in [3.05, 3.63) is 52.4 Å². The molecule has 1 amide bonds. The second-order valence-electron chi connectivity index (χ2n) is 4.49. The van der Waals surface area contributed by atoms with Gasteiger partial charge in [0, 0.05) is 17.6 Å². The molecule has 5 nitrogen and oxygen atoms in total. The lowest BCUT2D eigenvalue weighted by atomic mass is 10.2. The van der Waals surface area contributed by atoms with Crippen LogP contribution in [-0.2, 0) is 6.54 Å². The second-order valence-corrected chi connectivity index (χ2v) is 5.34. The van der Waals surface area contributed by atoms with Gasteiger partial charge in [0.2, 0.25) is 0 Å². The maximum atomic E-state index is 12.0. The molecule has 0 saturated heterocycles. The Bertz CT molecular complexity index is 601. The van der Waals surface area contributed by atoms with E-state index >= 15 is 0 Å². The number of aromatic nitrogens is 2. The summed E-state index contributed by atoms with van der Waals surface area (Å²) >= 11 is 3.45. The average molecular weight is 349 g/mol. The Morgan fingerprint density at radius 2 is 2.05 bits per heavy atom. The van der Waals surface area contributed by atoms with Gasteiger partial charge >= 0.3 is 0 Å². The molecule has 0 saturated carbocycles. The lowest BCUT2D eigenvalue weighted by Crippen LogP contribution is -2.24. The summed E-state index contributed by atoms with van der Waals surface area (Å²) in [5.74, 6) is 0.444. The fourth-order valence-corrected chi connectivity index (χ4v) is 2.12. The highest BCUT2D eigenvalue weighted by Gasteiger charge is 2.08. The van der Waals surface area contributed by atoms with Crippen molar-refractivity contribution in [2.75, 3.05) is 11.9 Å². The summed E-state index contributed by atoms with van der Waals surface area (Å²) in [7, 11) is 0. The van der Waals surface area contributed by atoms with Crippen molar-refractivity contribution in [2.45, 2.75) is 19.9 Å². The molecule has 0 spiro atoms. The van der Waals surface area contributed by atoms with E-state index < -0.39 is 0 Å². The van der Waals surface area contributed by atoms with Crippen LogP contribution < -0.4 is 10.6 Å². The third kappa shape index (κ3) is 4.53. The van der Waals surface area contributed by atoms with Crippen LogP contribution in [0.3, 0.4) is 0 Å². The molecule has 2 rings (SSSR count). The minimum absolute atomic E-state index is 0.236. The molecule has 0 radical (unpaired) electrons. The molecule has 2 N–H and O–H groups in total. The fraction of sp³-hybridized carbons (Fsp3) is 0.267. The van der Waals surface area contributed by atoms with E-state index in [0.29, 0.717) is 18.1 Å². The number of benzene rings is 1. The number of nitrogens with zero attached hydrogens (tertiary/aromatic N) is 2. The monoisotopic (exact) mass is 348 g/mol. The molecule has 21 heavy (non-hydrogen) atoms. The molecule has 0 aliphatic carbocycles. The van der Waals surface area contributed by atoms with Crippen molar-refractivity contribution >= 4 is 27.7 Å². The standard InChI is InChI=1S/C15H17BrN4O/c1-2-7-17-14-10-18-13(9-19-14)15(21)20-8-11-5-3-4-6-12(11)16/h3-6,9-10H,2,7-8H2,1H3,(H,17,19)(H,20,21). The molecule has 1 aromatic carbocycles. The first kappa shape index (κ1) is 15.4. The van der Waals surface area contributed by atoms with Crippen LogP contribution in [-0.4, -0.2) is 22.4 Å². The van der Waals surface area contributed by atoms with E-state index in [-0.39, 0.29) is 5.91 Å². The summed E-state index contributed by atoms with van der Waals surface area (Å²) in [4.78, 5) is 20.3. The summed E-state index contributed by atoms with van der Waals surface area (Å²) in [5, 5.41) is 5.94. The number of anilines is 1. The van der Waals surface area contributed by atoms with Gasteiger partial charge in [0.1, 0.15) is 11.5 Å². The maximum absolute atomic E-state index is 12.0. The van der Waals surface area contributed by atoms with E-state index in [9.17, 15) is 4.79 Å². The number of hydrogen-bond acceptors (Lipinski definition) is 4. The quantitative estimate of drug-likeness (QED) is 0.841. The number of nitrogens with one attached hydrogen (secondary N) is 2. The number of hydrogen-bond donors (Lipinski definition) is 2. The van der Waals surface area contributed by atoms with E-state index in [4.69, 9.17) is 0 Å². The van der Waals surface area contributed by atoms with Crippen LogP contribution in [0.15, 0.2) is 41.1 Å². The third-order valence-electron chi connectivity index (χ3n) is 2.84.